The standard InChI is InChI=1S/C21H26N4O5/c1-15-17(5-3-6-18(15)25(28)29)22-20(26)10-14-23-12-8-16(9-13-23)24-11-4-7-19(24)21(27)30-2/h3-7,11,16H,8-10,12-14H2,1-2H3,(H,22,26). The minimum absolute atomic E-state index is 0.00814. The molecule has 2 heterocycles. The quantitative estimate of drug-likeness (QED) is 0.424. The zero-order valence-corrected chi connectivity index (χ0v) is 17.2. The van der Waals surface area contributed by atoms with E-state index in [0.717, 1.165) is 25.9 Å². The van der Waals surface area contributed by atoms with Crippen LogP contribution in [0, 0.1) is 17.0 Å². The van der Waals surface area contributed by atoms with E-state index in [1.807, 2.05) is 16.8 Å². The number of ether oxygens (including phenoxy) is 1. The van der Waals surface area contributed by atoms with Gasteiger partial charge in [-0.15, -0.1) is 0 Å². The summed E-state index contributed by atoms with van der Waals surface area (Å²) in [5.41, 5.74) is 1.47. The van der Waals surface area contributed by atoms with Gasteiger partial charge in [-0.2, -0.15) is 0 Å². The second kappa shape index (κ2) is 9.53. The number of nitrogens with zero attached hydrogens (tertiary/aromatic N) is 3. The lowest BCUT2D eigenvalue weighted by atomic mass is 10.0. The van der Waals surface area contributed by atoms with Crippen LogP contribution in [0.5, 0.6) is 0 Å². The third-order valence-electron chi connectivity index (χ3n) is 5.56. The molecule has 1 aromatic heterocycles. The molecule has 0 aliphatic carbocycles. The zero-order chi connectivity index (χ0) is 21.7. The van der Waals surface area contributed by atoms with Gasteiger partial charge in [-0.1, -0.05) is 6.07 Å². The molecule has 1 aromatic carbocycles. The number of amides is 1. The maximum atomic E-state index is 12.3. The number of hydrogen-bond donors (Lipinski definition) is 1. The fraction of sp³-hybridized carbons (Fsp3) is 0.429. The van der Waals surface area contributed by atoms with Crippen LogP contribution >= 0.6 is 0 Å². The molecule has 0 atom stereocenters. The van der Waals surface area contributed by atoms with Crippen LogP contribution in [0.4, 0.5) is 11.4 Å². The van der Waals surface area contributed by atoms with Crippen LogP contribution in [0.1, 0.15) is 41.4 Å². The van der Waals surface area contributed by atoms with E-state index in [0.29, 0.717) is 29.9 Å². The number of nitro benzene ring substituents is 1. The van der Waals surface area contributed by atoms with E-state index in [-0.39, 0.29) is 23.6 Å². The number of methoxy groups -OCH3 is 1. The first-order valence-electron chi connectivity index (χ1n) is 9.92. The Kier molecular flexibility index (Phi) is 6.83. The highest BCUT2D eigenvalue weighted by Gasteiger charge is 2.24. The number of esters is 1. The van der Waals surface area contributed by atoms with Crippen molar-refractivity contribution in [2.75, 3.05) is 32.1 Å². The van der Waals surface area contributed by atoms with E-state index in [1.54, 1.807) is 25.1 Å². The molecule has 3 rings (SSSR count). The lowest BCUT2D eigenvalue weighted by molar-refractivity contribution is -0.385. The van der Waals surface area contributed by atoms with Gasteiger partial charge in [-0.25, -0.2) is 4.79 Å². The number of piperidine rings is 1. The first kappa shape index (κ1) is 21.5. The third-order valence-corrected chi connectivity index (χ3v) is 5.56. The molecule has 0 unspecified atom stereocenters. The lowest BCUT2D eigenvalue weighted by Crippen LogP contribution is -2.37. The summed E-state index contributed by atoms with van der Waals surface area (Å²) >= 11 is 0. The summed E-state index contributed by atoms with van der Waals surface area (Å²) in [7, 11) is 1.38. The maximum Gasteiger partial charge on any atom is 0.354 e. The highest BCUT2D eigenvalue weighted by Crippen LogP contribution is 2.26. The van der Waals surface area contributed by atoms with E-state index < -0.39 is 4.92 Å². The number of carbonyl (C=O) groups excluding carboxylic acids is 2. The number of hydrogen-bond acceptors (Lipinski definition) is 6. The van der Waals surface area contributed by atoms with Gasteiger partial charge in [0.15, 0.2) is 0 Å². The largest absolute Gasteiger partial charge is 0.464 e. The van der Waals surface area contributed by atoms with Gasteiger partial charge in [0, 0.05) is 44.4 Å². The van der Waals surface area contributed by atoms with Crippen molar-refractivity contribution < 1.29 is 19.2 Å². The summed E-state index contributed by atoms with van der Waals surface area (Å²) < 4.78 is 6.81. The molecule has 30 heavy (non-hydrogen) atoms. The molecule has 1 aliphatic heterocycles. The Bertz CT molecular complexity index is 931. The molecule has 9 heteroatoms. The number of anilines is 1. The van der Waals surface area contributed by atoms with Gasteiger partial charge in [0.2, 0.25) is 5.91 Å². The first-order chi connectivity index (χ1) is 14.4. The van der Waals surface area contributed by atoms with Gasteiger partial charge in [0.25, 0.3) is 5.69 Å². The Balaban J connectivity index is 1.49. The van der Waals surface area contributed by atoms with E-state index in [2.05, 4.69) is 10.2 Å². The van der Waals surface area contributed by atoms with Crippen molar-refractivity contribution in [3.8, 4) is 0 Å². The van der Waals surface area contributed by atoms with E-state index in [9.17, 15) is 19.7 Å². The minimum Gasteiger partial charge on any atom is -0.464 e. The van der Waals surface area contributed by atoms with Gasteiger partial charge in [-0.3, -0.25) is 14.9 Å². The molecule has 0 spiro atoms. The van der Waals surface area contributed by atoms with E-state index in [4.69, 9.17) is 4.74 Å². The second-order valence-electron chi connectivity index (χ2n) is 7.37. The summed E-state index contributed by atoms with van der Waals surface area (Å²) in [4.78, 5) is 37.0. The molecule has 1 N–H and O–H groups in total. The van der Waals surface area contributed by atoms with Crippen LogP contribution in [0.2, 0.25) is 0 Å². The number of rotatable bonds is 7. The molecule has 0 saturated carbocycles. The fourth-order valence-electron chi connectivity index (χ4n) is 3.84. The zero-order valence-electron chi connectivity index (χ0n) is 17.2. The Morgan fingerprint density at radius 3 is 2.63 bits per heavy atom. The predicted octanol–water partition coefficient (Wildman–Crippen LogP) is 3.16. The number of likely N-dealkylation sites (tertiary alicyclic amines) is 1. The first-order valence-corrected chi connectivity index (χ1v) is 9.92. The molecule has 2 aromatic rings. The summed E-state index contributed by atoms with van der Waals surface area (Å²) in [6, 6.07) is 8.49. The maximum absolute atomic E-state index is 12.3. The molecule has 1 saturated heterocycles. The van der Waals surface area contributed by atoms with Crippen LogP contribution in [0.3, 0.4) is 0 Å². The third kappa shape index (κ3) is 4.85. The normalized spacial score (nSPS) is 15.0. The average Bonchev–Trinajstić information content (AvgIpc) is 3.23. The van der Waals surface area contributed by atoms with Crippen molar-refractivity contribution in [1.29, 1.82) is 0 Å². The Morgan fingerprint density at radius 2 is 1.97 bits per heavy atom. The molecule has 160 valence electrons. The van der Waals surface area contributed by atoms with Crippen molar-refractivity contribution >= 4 is 23.3 Å². The van der Waals surface area contributed by atoms with Crippen molar-refractivity contribution in [3.05, 3.63) is 57.9 Å². The lowest BCUT2D eigenvalue weighted by Gasteiger charge is -2.33. The minimum atomic E-state index is -0.453. The molecule has 0 bridgehead atoms. The highest BCUT2D eigenvalue weighted by atomic mass is 16.6. The summed E-state index contributed by atoms with van der Waals surface area (Å²) in [5, 5.41) is 13.8. The van der Waals surface area contributed by atoms with Gasteiger partial charge >= 0.3 is 5.97 Å². The smallest absolute Gasteiger partial charge is 0.354 e. The molecular weight excluding hydrogens is 388 g/mol. The van der Waals surface area contributed by atoms with Crippen molar-refractivity contribution in [1.82, 2.24) is 9.47 Å². The van der Waals surface area contributed by atoms with Crippen LogP contribution in [0.25, 0.3) is 0 Å². The number of aromatic nitrogens is 1. The van der Waals surface area contributed by atoms with Crippen molar-refractivity contribution in [3.63, 3.8) is 0 Å². The van der Waals surface area contributed by atoms with Gasteiger partial charge in [-0.05, 0) is 38.0 Å². The Morgan fingerprint density at radius 1 is 1.23 bits per heavy atom. The second-order valence-corrected chi connectivity index (χ2v) is 7.37. The molecule has 0 radical (unpaired) electrons. The van der Waals surface area contributed by atoms with Crippen molar-refractivity contribution in [2.24, 2.45) is 0 Å². The number of benzene rings is 1. The molecular formula is C21H26N4O5. The summed E-state index contributed by atoms with van der Waals surface area (Å²) in [5.74, 6) is -0.505. The Labute approximate surface area is 174 Å². The Hall–Kier alpha value is -3.20. The molecule has 1 aliphatic rings. The summed E-state index contributed by atoms with van der Waals surface area (Å²) in [6.07, 6.45) is 3.97. The number of nitrogens with one attached hydrogen (secondary N) is 1. The summed E-state index contributed by atoms with van der Waals surface area (Å²) in [6.45, 7) is 3.89. The van der Waals surface area contributed by atoms with Crippen LogP contribution in [-0.4, -0.2) is 53.0 Å². The van der Waals surface area contributed by atoms with Gasteiger partial charge < -0.3 is 19.5 Å². The SMILES string of the molecule is COC(=O)c1cccn1C1CCN(CCC(=O)Nc2cccc([N+](=O)[O-])c2C)CC1. The topological polar surface area (TPSA) is 107 Å². The molecule has 1 amide bonds. The average molecular weight is 414 g/mol. The van der Waals surface area contributed by atoms with E-state index >= 15 is 0 Å². The highest BCUT2D eigenvalue weighted by molar-refractivity contribution is 5.92. The van der Waals surface area contributed by atoms with E-state index in [1.165, 1.54) is 13.2 Å². The number of carbonyl (C=O) groups is 2. The predicted molar refractivity (Wildman–Crippen MR) is 112 cm³/mol. The number of nitro groups is 1. The fourth-order valence-corrected chi connectivity index (χ4v) is 3.84. The monoisotopic (exact) mass is 414 g/mol. The van der Waals surface area contributed by atoms with Crippen LogP contribution in [-0.2, 0) is 9.53 Å². The molecule has 9 nitrogen and oxygen atoms in total. The van der Waals surface area contributed by atoms with Gasteiger partial charge in [0.1, 0.15) is 5.69 Å². The van der Waals surface area contributed by atoms with Crippen LogP contribution < -0.4 is 5.32 Å². The molecule has 1 fully saturated rings. The van der Waals surface area contributed by atoms with Crippen molar-refractivity contribution in [2.45, 2.75) is 32.2 Å². The van der Waals surface area contributed by atoms with Gasteiger partial charge in [0.05, 0.1) is 23.3 Å². The van der Waals surface area contributed by atoms with Crippen LogP contribution in [0.15, 0.2) is 36.5 Å².